The summed E-state index contributed by atoms with van der Waals surface area (Å²) in [7, 11) is 0. The summed E-state index contributed by atoms with van der Waals surface area (Å²) in [6.07, 6.45) is 0. The Balaban J connectivity index is -0.00000000508. The largest absolute Gasteiger partial charge is 2.00 e. The molecule has 0 aromatic rings. The number of hydrogen-bond donors (Lipinski definition) is 0. The second-order valence-electron chi connectivity index (χ2n) is 0.816. The molecule has 0 radical (unpaired) electrons. The van der Waals surface area contributed by atoms with E-state index < -0.39 is 26.7 Å². The van der Waals surface area contributed by atoms with Gasteiger partial charge in [-0.15, -0.1) is 0 Å². The fourth-order valence-corrected chi connectivity index (χ4v) is 0. The van der Waals surface area contributed by atoms with Gasteiger partial charge in [0, 0.05) is 0 Å². The van der Waals surface area contributed by atoms with E-state index in [0.717, 1.165) is 0 Å². The van der Waals surface area contributed by atoms with E-state index in [1.54, 1.807) is 0 Å². The summed E-state index contributed by atoms with van der Waals surface area (Å²) in [6, 6.07) is 0. The normalized spacial score (nSPS) is 6.11. The third-order valence-electron chi connectivity index (χ3n) is 0. The average Bonchev–Trinajstić information content (AvgIpc) is 1.12. The van der Waals surface area contributed by atoms with Crippen molar-refractivity contribution in [2.24, 2.45) is 0 Å². The molecule has 19 heavy (non-hydrogen) atoms. The first-order valence-corrected chi connectivity index (χ1v) is 6.93. The van der Waals surface area contributed by atoms with Gasteiger partial charge >= 0.3 is 185 Å². The molecule has 0 heterocycles. The molecule has 0 aliphatic carbocycles. The van der Waals surface area contributed by atoms with Crippen LogP contribution in [0.25, 0.3) is 0 Å². The number of hydrogen-bond acceptors (Lipinski definition) is 8. The van der Waals surface area contributed by atoms with E-state index in [1.165, 1.54) is 0 Å². The Morgan fingerprint density at radius 1 is 0.474 bits per heavy atom. The van der Waals surface area contributed by atoms with Gasteiger partial charge in [0.2, 0.25) is 0 Å². The first-order chi connectivity index (χ1) is 4.00. The first-order valence-electron chi connectivity index (χ1n) is 1.33. The van der Waals surface area contributed by atoms with Gasteiger partial charge in [0.25, 0.3) is 0 Å². The van der Waals surface area contributed by atoms with E-state index in [1.807, 2.05) is 0 Å². The van der Waals surface area contributed by atoms with Crippen molar-refractivity contribution in [1.82, 2.24) is 0 Å². The van der Waals surface area contributed by atoms with E-state index in [9.17, 15) is 0 Å². The molecule has 0 bridgehead atoms. The quantitative estimate of drug-likeness (QED) is 0.289. The molecule has 14 nitrogen and oxygen atoms in total. The van der Waals surface area contributed by atoms with Crippen LogP contribution in [0.4, 0.5) is 0 Å². The maximum absolute atomic E-state index is 8.59. The Morgan fingerprint density at radius 3 is 0.474 bits per heavy atom. The van der Waals surface area contributed by atoms with E-state index in [2.05, 4.69) is 0 Å². The molecule has 0 rings (SSSR count). The molecule has 0 saturated carbocycles. The molecule has 0 aromatic carbocycles. The van der Waals surface area contributed by atoms with Crippen LogP contribution < -0.4 is 120 Å². The van der Waals surface area contributed by atoms with Gasteiger partial charge in [-0.05, 0) is 0 Å². The molecule has 0 amide bonds. The van der Waals surface area contributed by atoms with Crippen molar-refractivity contribution < 1.29 is 168 Å². The SMILES string of the molecule is O.O.O.O.O.O.O=[Se](=O)([O-])[O-].O=[Se](=O)([O-])[O-].[K+].[K+].[Mg+2]. The van der Waals surface area contributed by atoms with Gasteiger partial charge in [0.1, 0.15) is 0 Å². The van der Waals surface area contributed by atoms with Crippen molar-refractivity contribution in [3.8, 4) is 0 Å². The summed E-state index contributed by atoms with van der Waals surface area (Å²) in [6.45, 7) is 0. The van der Waals surface area contributed by atoms with Gasteiger partial charge in [-0.1, -0.05) is 0 Å². The summed E-state index contributed by atoms with van der Waals surface area (Å²) in [5.74, 6) is 0. The van der Waals surface area contributed by atoms with E-state index >= 15 is 0 Å². The van der Waals surface area contributed by atoms with Crippen molar-refractivity contribution in [1.29, 1.82) is 0 Å². The molecule has 0 saturated heterocycles. The van der Waals surface area contributed by atoms with Gasteiger partial charge in [-0.3, -0.25) is 0 Å². The molecular formula is H12K2MgO14Se2. The minimum Gasteiger partial charge on any atom is 1.00 e. The van der Waals surface area contributed by atoms with Crippen LogP contribution in [0.5, 0.6) is 0 Å². The van der Waals surface area contributed by atoms with Crippen LogP contribution in [-0.4, -0.2) is 82.6 Å². The van der Waals surface area contributed by atoms with Crippen LogP contribution in [0.1, 0.15) is 0 Å². The van der Waals surface area contributed by atoms with E-state index in [0.29, 0.717) is 0 Å². The van der Waals surface area contributed by atoms with Crippen LogP contribution in [-0.2, 0) is 15.3 Å². The summed E-state index contributed by atoms with van der Waals surface area (Å²) in [5, 5.41) is 0. The maximum Gasteiger partial charge on any atom is 2.00 e. The summed E-state index contributed by atoms with van der Waals surface area (Å²) < 4.78 is 68.8. The second-order valence-corrected chi connectivity index (χ2v) is 4.24. The monoisotopic (exact) mass is 498 g/mol. The zero-order chi connectivity index (χ0) is 9.00. The molecular weight excluding hydrogens is 484 g/mol. The molecule has 0 spiro atoms. The van der Waals surface area contributed by atoms with E-state index in [-0.39, 0.29) is 159 Å². The molecule has 0 aliphatic heterocycles. The topological polar surface area (TPSA) is 350 Å². The standard InChI is InChI=1S/2K.Mg.2H2O4Se.6H2O/c;;;2*1-5(2,3)4;;;;;;/h;;;2*(H2,1,2,3,4);6*1H2/q2*+1;+2;;;;;;;;/p-4. The van der Waals surface area contributed by atoms with Crippen LogP contribution in [0.3, 0.4) is 0 Å². The zero-order valence-corrected chi connectivity index (χ0v) is 20.9. The van der Waals surface area contributed by atoms with Gasteiger partial charge in [0.15, 0.2) is 0 Å². The van der Waals surface area contributed by atoms with Crippen molar-refractivity contribution in [2.75, 3.05) is 0 Å². The fraction of sp³-hybridized carbons (Fsp3) is 0. The molecule has 0 aromatic heterocycles. The fourth-order valence-electron chi connectivity index (χ4n) is 0. The third kappa shape index (κ3) is 575. The smallest absolute Gasteiger partial charge is 1.00 e. The van der Waals surface area contributed by atoms with Gasteiger partial charge in [-0.25, -0.2) is 0 Å². The van der Waals surface area contributed by atoms with Gasteiger partial charge in [0.05, 0.1) is 0 Å². The molecule has 19 heteroatoms. The predicted octanol–water partition coefficient (Wildman–Crippen LogP) is -17.3. The summed E-state index contributed by atoms with van der Waals surface area (Å²) in [4.78, 5) is 0. The molecule has 12 N–H and O–H groups in total. The Bertz CT molecular complexity index is 220. The minimum atomic E-state index is -5.75. The van der Waals surface area contributed by atoms with Crippen molar-refractivity contribution in [2.45, 2.75) is 0 Å². The predicted molar refractivity (Wildman–Crippen MR) is 41.7 cm³/mol. The van der Waals surface area contributed by atoms with Crippen molar-refractivity contribution >= 4 is 49.8 Å². The summed E-state index contributed by atoms with van der Waals surface area (Å²) >= 11 is -11.5. The van der Waals surface area contributed by atoms with Gasteiger partial charge in [-0.2, -0.15) is 0 Å². The van der Waals surface area contributed by atoms with E-state index in [4.69, 9.17) is 32.1 Å². The van der Waals surface area contributed by atoms with Gasteiger partial charge < -0.3 is 32.9 Å². The first kappa shape index (κ1) is 77.6. The Morgan fingerprint density at radius 2 is 0.474 bits per heavy atom. The molecule has 112 valence electrons. The Labute approximate surface area is 212 Å². The second kappa shape index (κ2) is 37.8. The maximum atomic E-state index is 8.59. The van der Waals surface area contributed by atoms with Crippen molar-refractivity contribution in [3.63, 3.8) is 0 Å². The summed E-state index contributed by atoms with van der Waals surface area (Å²) in [5.41, 5.74) is 0. The van der Waals surface area contributed by atoms with Crippen LogP contribution in [0, 0.1) is 0 Å². The Kier molecular flexibility index (Phi) is 155. The zero-order valence-electron chi connectivity index (χ0n) is 9.79. The van der Waals surface area contributed by atoms with Crippen molar-refractivity contribution in [3.05, 3.63) is 0 Å². The Hall–Kier alpha value is 3.88. The third-order valence-corrected chi connectivity index (χ3v) is 0. The van der Waals surface area contributed by atoms with Crippen LogP contribution >= 0.6 is 0 Å². The minimum absolute atomic E-state index is 0. The van der Waals surface area contributed by atoms with Crippen LogP contribution in [0.15, 0.2) is 0 Å². The molecule has 0 unspecified atom stereocenters. The average molecular weight is 497 g/mol. The molecule has 0 atom stereocenters. The molecule has 0 fully saturated rings. The van der Waals surface area contributed by atoms with Crippen LogP contribution in [0.2, 0.25) is 0 Å². The number of rotatable bonds is 0. The molecule has 0 aliphatic rings.